The predicted molar refractivity (Wildman–Crippen MR) is 228 cm³/mol. The van der Waals surface area contributed by atoms with E-state index in [0.29, 0.717) is 75.1 Å². The number of pyridine rings is 1. The zero-order chi connectivity index (χ0) is 44.5. The van der Waals surface area contributed by atoms with Crippen LogP contribution >= 0.6 is 11.6 Å². The van der Waals surface area contributed by atoms with Crippen LogP contribution in [-0.4, -0.2) is 115 Å². The van der Waals surface area contributed by atoms with E-state index in [4.69, 9.17) is 21.7 Å². The van der Waals surface area contributed by atoms with E-state index < -0.39 is 29.0 Å². The number of rotatable bonds is 6. The van der Waals surface area contributed by atoms with Gasteiger partial charge in [-0.2, -0.15) is 22.7 Å². The second kappa shape index (κ2) is 17.7. The highest BCUT2D eigenvalue weighted by atomic mass is 35.5. The number of halogens is 4. The van der Waals surface area contributed by atoms with Gasteiger partial charge >= 0.3 is 12.2 Å². The minimum absolute atomic E-state index is 0.0130. The number of amides is 4. The van der Waals surface area contributed by atoms with E-state index in [1.165, 1.54) is 22.8 Å². The number of benzene rings is 2. The van der Waals surface area contributed by atoms with Gasteiger partial charge in [0.2, 0.25) is 11.7 Å². The predicted octanol–water partition coefficient (Wildman–Crippen LogP) is 6.31. The fourth-order valence-corrected chi connectivity index (χ4v) is 8.86. The third kappa shape index (κ3) is 8.52. The van der Waals surface area contributed by atoms with Gasteiger partial charge in [-0.1, -0.05) is 25.4 Å². The third-order valence-corrected chi connectivity index (χ3v) is 12.1. The number of aromatic nitrogens is 5. The lowest BCUT2D eigenvalue weighted by Gasteiger charge is -2.45. The van der Waals surface area contributed by atoms with Crippen molar-refractivity contribution >= 4 is 46.6 Å². The number of piperidine rings is 1. The molecule has 0 radical (unpaired) electrons. The van der Waals surface area contributed by atoms with E-state index in [1.54, 1.807) is 33.4 Å². The zero-order valence-corrected chi connectivity index (χ0v) is 35.6. The number of urea groups is 1. The van der Waals surface area contributed by atoms with Crippen molar-refractivity contribution in [2.45, 2.75) is 64.1 Å². The Balaban J connectivity index is 0.00000285. The number of alkyl halides is 3. The van der Waals surface area contributed by atoms with Crippen molar-refractivity contribution in [2.24, 2.45) is 0 Å². The molecule has 3 aromatic heterocycles. The number of piperazine rings is 1. The maximum Gasteiger partial charge on any atom is 0.416 e. The van der Waals surface area contributed by atoms with Crippen LogP contribution in [0, 0.1) is 0 Å². The SMILES string of the molecule is CC.CN(C)C(=O)N1CCN(c2ccc(-c3nc4n(CC(=O)Nc5ccc(C(F)(F)F)cc5Cl)c5c(c(=O)n4n3)C3(CCC5)CCN(C(=O)c4ncccc4O)CC3)cc2)CC1. The molecule has 2 N–H and O–H groups in total. The lowest BCUT2D eigenvalue weighted by Crippen LogP contribution is -2.51. The first-order valence-corrected chi connectivity index (χ1v) is 21.0. The summed E-state index contributed by atoms with van der Waals surface area (Å²) in [6, 6.07) is 13.1. The molecule has 328 valence electrons. The number of likely N-dealkylation sites (tertiary alicyclic amines) is 1. The van der Waals surface area contributed by atoms with Crippen molar-refractivity contribution in [3.63, 3.8) is 0 Å². The molecule has 0 unspecified atom stereocenters. The normalized spacial score (nSPS) is 16.1. The molecule has 0 saturated carbocycles. The van der Waals surface area contributed by atoms with Crippen LogP contribution in [0.2, 0.25) is 5.02 Å². The Kier molecular flexibility index (Phi) is 12.5. The zero-order valence-electron chi connectivity index (χ0n) is 34.9. The Morgan fingerprint density at radius 3 is 2.26 bits per heavy atom. The van der Waals surface area contributed by atoms with Crippen LogP contribution in [-0.2, 0) is 29.4 Å². The second-order valence-electron chi connectivity index (χ2n) is 15.6. The maximum atomic E-state index is 14.7. The number of anilines is 2. The molecule has 2 aliphatic heterocycles. The molecule has 3 aliphatic rings. The summed E-state index contributed by atoms with van der Waals surface area (Å²) in [7, 11) is 3.45. The van der Waals surface area contributed by atoms with Gasteiger partial charge in [0.15, 0.2) is 11.5 Å². The lowest BCUT2D eigenvalue weighted by molar-refractivity contribution is -0.137. The lowest BCUT2D eigenvalue weighted by atomic mass is 9.66. The molecule has 15 nitrogen and oxygen atoms in total. The van der Waals surface area contributed by atoms with E-state index in [9.17, 15) is 37.5 Å². The van der Waals surface area contributed by atoms with Gasteiger partial charge in [0.25, 0.3) is 11.5 Å². The van der Waals surface area contributed by atoms with E-state index in [-0.39, 0.29) is 65.0 Å². The molecule has 0 atom stereocenters. The molecule has 62 heavy (non-hydrogen) atoms. The topological polar surface area (TPSA) is 162 Å². The summed E-state index contributed by atoms with van der Waals surface area (Å²) >= 11 is 6.20. The molecule has 4 amide bonds. The summed E-state index contributed by atoms with van der Waals surface area (Å²) in [6.45, 7) is 6.66. The summed E-state index contributed by atoms with van der Waals surface area (Å²) in [5.41, 5.74) is 0.551. The Labute approximate surface area is 360 Å². The second-order valence-corrected chi connectivity index (χ2v) is 16.0. The molecule has 5 aromatic rings. The number of hydrogen-bond acceptors (Lipinski definition) is 9. The monoisotopic (exact) mass is 876 g/mol. The molecule has 1 spiro atoms. The summed E-state index contributed by atoms with van der Waals surface area (Å²) < 4.78 is 42.9. The molecule has 5 heterocycles. The molecule has 8 rings (SSSR count). The van der Waals surface area contributed by atoms with Crippen molar-refractivity contribution < 1.29 is 32.7 Å². The van der Waals surface area contributed by atoms with E-state index in [0.717, 1.165) is 23.9 Å². The Morgan fingerprint density at radius 1 is 0.935 bits per heavy atom. The Bertz CT molecular complexity index is 2540. The van der Waals surface area contributed by atoms with Crippen LogP contribution in [0.3, 0.4) is 0 Å². The van der Waals surface area contributed by atoms with Crippen LogP contribution < -0.4 is 15.8 Å². The van der Waals surface area contributed by atoms with Crippen LogP contribution in [0.5, 0.6) is 5.75 Å². The number of nitrogens with zero attached hydrogens (tertiary/aromatic N) is 9. The van der Waals surface area contributed by atoms with Gasteiger partial charge in [0.1, 0.15) is 12.3 Å². The molecule has 1 aliphatic carbocycles. The Morgan fingerprint density at radius 2 is 1.63 bits per heavy atom. The number of fused-ring (bicyclic) bond motifs is 3. The van der Waals surface area contributed by atoms with Crippen LogP contribution in [0.1, 0.15) is 66.8 Å². The first kappa shape index (κ1) is 43.9. The van der Waals surface area contributed by atoms with Crippen LogP contribution in [0.25, 0.3) is 17.2 Å². The summed E-state index contributed by atoms with van der Waals surface area (Å²) in [4.78, 5) is 70.4. The first-order chi connectivity index (χ1) is 29.6. The highest BCUT2D eigenvalue weighted by Gasteiger charge is 2.45. The number of nitrogens with one attached hydrogen (secondary N) is 1. The standard InChI is InChI=1S/C41H42ClF3N10O5.C2H6/c1-50(2)39(60)53-21-19-51(20-22-53)27-10-7-25(8-11-27)35-48-38-54(24-32(57)47-29-12-9-26(23-28(29)42)41(43,44)45)30-5-3-13-40(33(30)36(58)55(38)49-35)14-17-52(18-15-40)37(59)34-31(56)6-4-16-46-34;1-2/h4,6-12,16,23,56H,3,5,13-15,17-22,24H2,1-2H3,(H,47,57);1-2H3. The highest BCUT2D eigenvalue weighted by molar-refractivity contribution is 6.33. The molecule has 19 heteroatoms. The minimum Gasteiger partial charge on any atom is -0.505 e. The number of carbonyl (C=O) groups excluding carboxylic acids is 3. The van der Waals surface area contributed by atoms with Gasteiger partial charge in [-0.3, -0.25) is 14.4 Å². The third-order valence-electron chi connectivity index (χ3n) is 11.7. The molecular formula is C43H48ClF3N10O5. The molecular weight excluding hydrogens is 829 g/mol. The molecule has 0 bridgehead atoms. The fraction of sp³-hybridized carbons (Fsp3) is 0.419. The van der Waals surface area contributed by atoms with Gasteiger partial charge < -0.3 is 34.6 Å². The van der Waals surface area contributed by atoms with Crippen molar-refractivity contribution in [2.75, 3.05) is 63.6 Å². The number of hydrogen-bond donors (Lipinski definition) is 2. The quantitative estimate of drug-likeness (QED) is 0.199. The average molecular weight is 877 g/mol. The maximum absolute atomic E-state index is 14.7. The van der Waals surface area contributed by atoms with Gasteiger partial charge in [0.05, 0.1) is 16.3 Å². The van der Waals surface area contributed by atoms with Gasteiger partial charge in [0, 0.05) is 87.5 Å². The van der Waals surface area contributed by atoms with Crippen LogP contribution in [0.4, 0.5) is 29.3 Å². The molecule has 2 fully saturated rings. The van der Waals surface area contributed by atoms with Crippen molar-refractivity contribution in [1.82, 2.24) is 38.8 Å². The summed E-state index contributed by atoms with van der Waals surface area (Å²) in [5, 5.41) is 17.3. The van der Waals surface area contributed by atoms with E-state index in [1.807, 2.05) is 38.1 Å². The fourth-order valence-electron chi connectivity index (χ4n) is 8.64. The van der Waals surface area contributed by atoms with E-state index in [2.05, 4.69) is 15.2 Å². The highest BCUT2D eigenvalue weighted by Crippen LogP contribution is 2.44. The summed E-state index contributed by atoms with van der Waals surface area (Å²) in [5.74, 6) is -0.893. The smallest absolute Gasteiger partial charge is 0.416 e. The van der Waals surface area contributed by atoms with Crippen molar-refractivity contribution in [3.05, 3.63) is 98.7 Å². The van der Waals surface area contributed by atoms with Crippen molar-refractivity contribution in [3.8, 4) is 17.1 Å². The van der Waals surface area contributed by atoms with Crippen LogP contribution in [0.15, 0.2) is 65.6 Å². The van der Waals surface area contributed by atoms with E-state index >= 15 is 0 Å². The van der Waals surface area contributed by atoms with Gasteiger partial charge in [-0.25, -0.2) is 9.78 Å². The largest absolute Gasteiger partial charge is 0.505 e. The van der Waals surface area contributed by atoms with Crippen molar-refractivity contribution in [1.29, 1.82) is 0 Å². The van der Waals surface area contributed by atoms with Gasteiger partial charge in [-0.15, -0.1) is 5.10 Å². The number of carbonyl (C=O) groups is 3. The average Bonchev–Trinajstić information content (AvgIpc) is 3.72. The molecule has 2 aromatic carbocycles. The molecule has 2 saturated heterocycles. The summed E-state index contributed by atoms with van der Waals surface area (Å²) in [6.07, 6.45) is -0.588. The first-order valence-electron chi connectivity index (χ1n) is 20.6. The number of aromatic hydroxyl groups is 1. The minimum atomic E-state index is -4.62. The van der Waals surface area contributed by atoms with Gasteiger partial charge in [-0.05, 0) is 86.7 Å². The Hall–Kier alpha value is -6.17.